The number of piperazine rings is 1. The number of aromatic nitrogens is 1. The quantitative estimate of drug-likeness (QED) is 0.567. The third-order valence-corrected chi connectivity index (χ3v) is 6.32. The fraction of sp³-hybridized carbons (Fsp3) is 0.273. The summed E-state index contributed by atoms with van der Waals surface area (Å²) in [5.74, 6) is -2.66. The first-order valence-corrected chi connectivity index (χ1v) is 11.1. The molecule has 0 bridgehead atoms. The molecule has 1 aliphatic rings. The maximum atomic E-state index is 14.6. The maximum absolute atomic E-state index is 14.6. The van der Waals surface area contributed by atoms with Crippen LogP contribution in [0.2, 0.25) is 5.02 Å². The van der Waals surface area contributed by atoms with E-state index in [1.807, 2.05) is 29.3 Å². The van der Waals surface area contributed by atoms with Crippen LogP contribution in [0.1, 0.15) is 34.5 Å². The highest BCUT2D eigenvalue weighted by Gasteiger charge is 2.22. The molecule has 1 atom stereocenters. The average Bonchev–Trinajstić information content (AvgIpc) is 3.22. The van der Waals surface area contributed by atoms with Crippen LogP contribution in [0, 0.1) is 11.6 Å². The third kappa shape index (κ3) is 4.87. The van der Waals surface area contributed by atoms with E-state index in [9.17, 15) is 13.6 Å². The number of carbonyl (C=O) groups is 1. The first kappa shape index (κ1) is 21.7. The van der Waals surface area contributed by atoms with Crippen molar-refractivity contribution < 1.29 is 13.6 Å². The molecule has 31 heavy (non-hydrogen) atoms. The molecule has 0 aliphatic carbocycles. The molecule has 0 unspecified atom stereocenters. The molecule has 5 nitrogen and oxygen atoms in total. The molecule has 2 aromatic carbocycles. The molecule has 1 amide bonds. The highest BCUT2D eigenvalue weighted by molar-refractivity contribution is 7.14. The summed E-state index contributed by atoms with van der Waals surface area (Å²) in [5, 5.41) is 8.45. The van der Waals surface area contributed by atoms with Gasteiger partial charge in [0.15, 0.2) is 5.13 Å². The minimum Gasteiger partial charge on any atom is -0.369 e. The van der Waals surface area contributed by atoms with E-state index in [2.05, 4.69) is 15.6 Å². The van der Waals surface area contributed by atoms with E-state index in [0.29, 0.717) is 23.8 Å². The molecule has 1 saturated heterocycles. The predicted molar refractivity (Wildman–Crippen MR) is 120 cm³/mol. The van der Waals surface area contributed by atoms with Crippen molar-refractivity contribution in [3.05, 3.63) is 75.3 Å². The van der Waals surface area contributed by atoms with Gasteiger partial charge in [-0.25, -0.2) is 13.8 Å². The number of halogens is 3. The van der Waals surface area contributed by atoms with E-state index in [-0.39, 0.29) is 11.0 Å². The summed E-state index contributed by atoms with van der Waals surface area (Å²) in [6.07, 6.45) is 0. The Kier molecular flexibility index (Phi) is 6.50. The van der Waals surface area contributed by atoms with Crippen LogP contribution in [0.25, 0.3) is 0 Å². The van der Waals surface area contributed by atoms with Crippen molar-refractivity contribution in [2.45, 2.75) is 12.8 Å². The lowest BCUT2D eigenvalue weighted by molar-refractivity contribution is 0.101. The zero-order valence-electron chi connectivity index (χ0n) is 16.8. The number of carbonyl (C=O) groups excluding carboxylic acids is 1. The zero-order valence-corrected chi connectivity index (χ0v) is 18.4. The van der Waals surface area contributed by atoms with Gasteiger partial charge in [-0.2, -0.15) is 0 Å². The van der Waals surface area contributed by atoms with Crippen LogP contribution in [0.5, 0.6) is 0 Å². The standard InChI is InChI=1S/C22H21ClF2N4OS/c1-13(14-2-4-15(23)5-3-14)19-12-31-22(27-19)28-21(30)20-17(24)10-16(11-18(20)25)29-8-6-26-7-9-29/h2-5,10-13,26H,6-9H2,1H3,(H,27,28,30)/t13-/m1/s1. The van der Waals surface area contributed by atoms with Crippen molar-refractivity contribution in [2.24, 2.45) is 0 Å². The Bertz CT molecular complexity index is 1060. The summed E-state index contributed by atoms with van der Waals surface area (Å²) in [5.41, 5.74) is 1.59. The van der Waals surface area contributed by atoms with E-state index < -0.39 is 23.1 Å². The summed E-state index contributed by atoms with van der Waals surface area (Å²) in [7, 11) is 0. The summed E-state index contributed by atoms with van der Waals surface area (Å²) in [4.78, 5) is 18.9. The largest absolute Gasteiger partial charge is 0.369 e. The predicted octanol–water partition coefficient (Wildman–Crippen LogP) is 4.89. The van der Waals surface area contributed by atoms with E-state index in [4.69, 9.17) is 11.6 Å². The summed E-state index contributed by atoms with van der Waals surface area (Å²) in [6.45, 7) is 4.77. The fourth-order valence-electron chi connectivity index (χ4n) is 3.51. The number of rotatable bonds is 5. The van der Waals surface area contributed by atoms with Gasteiger partial charge in [-0.3, -0.25) is 10.1 Å². The van der Waals surface area contributed by atoms with E-state index >= 15 is 0 Å². The zero-order chi connectivity index (χ0) is 22.0. The second-order valence-corrected chi connectivity index (χ2v) is 8.62. The molecule has 9 heteroatoms. The fourth-order valence-corrected chi connectivity index (χ4v) is 4.43. The monoisotopic (exact) mass is 462 g/mol. The van der Waals surface area contributed by atoms with Gasteiger partial charge in [0.2, 0.25) is 0 Å². The van der Waals surface area contributed by atoms with Crippen molar-refractivity contribution in [1.29, 1.82) is 0 Å². The molecule has 0 radical (unpaired) electrons. The average molecular weight is 463 g/mol. The summed E-state index contributed by atoms with van der Waals surface area (Å²) >= 11 is 7.14. The van der Waals surface area contributed by atoms with Gasteiger partial charge < -0.3 is 10.2 Å². The molecule has 1 fully saturated rings. The van der Waals surface area contributed by atoms with Crippen LogP contribution in [0.4, 0.5) is 19.6 Å². The van der Waals surface area contributed by atoms with Crippen LogP contribution in [-0.2, 0) is 0 Å². The minimum atomic E-state index is -0.891. The molecular formula is C22H21ClF2N4OS. The Balaban J connectivity index is 1.49. The van der Waals surface area contributed by atoms with Gasteiger partial charge in [0.05, 0.1) is 5.69 Å². The minimum absolute atomic E-state index is 0.0223. The molecular weight excluding hydrogens is 442 g/mol. The number of nitrogens with one attached hydrogen (secondary N) is 2. The molecule has 2 N–H and O–H groups in total. The lowest BCUT2D eigenvalue weighted by Gasteiger charge is -2.29. The van der Waals surface area contributed by atoms with Crippen molar-refractivity contribution in [3.63, 3.8) is 0 Å². The molecule has 0 saturated carbocycles. The Morgan fingerprint density at radius 3 is 2.48 bits per heavy atom. The summed E-state index contributed by atoms with van der Waals surface area (Å²) in [6, 6.07) is 9.85. The molecule has 2 heterocycles. The van der Waals surface area contributed by atoms with Gasteiger partial charge in [0, 0.05) is 48.2 Å². The van der Waals surface area contributed by atoms with Gasteiger partial charge in [-0.15, -0.1) is 11.3 Å². The Morgan fingerprint density at radius 1 is 1.19 bits per heavy atom. The number of hydrogen-bond donors (Lipinski definition) is 2. The topological polar surface area (TPSA) is 57.3 Å². The molecule has 3 aromatic rings. The van der Waals surface area contributed by atoms with Crippen molar-refractivity contribution >= 4 is 39.7 Å². The Labute approximate surface area is 188 Å². The highest BCUT2D eigenvalue weighted by atomic mass is 35.5. The summed E-state index contributed by atoms with van der Waals surface area (Å²) < 4.78 is 29.3. The van der Waals surface area contributed by atoms with Crippen molar-refractivity contribution in [1.82, 2.24) is 10.3 Å². The lowest BCUT2D eigenvalue weighted by Crippen LogP contribution is -2.43. The highest BCUT2D eigenvalue weighted by Crippen LogP contribution is 2.29. The molecule has 0 spiro atoms. The van der Waals surface area contributed by atoms with Crippen LogP contribution in [-0.4, -0.2) is 37.1 Å². The number of benzene rings is 2. The van der Waals surface area contributed by atoms with Gasteiger partial charge in [-0.05, 0) is 29.8 Å². The Morgan fingerprint density at radius 2 is 1.84 bits per heavy atom. The smallest absolute Gasteiger partial charge is 0.263 e. The second-order valence-electron chi connectivity index (χ2n) is 7.33. The van der Waals surface area contributed by atoms with Crippen LogP contribution in [0.15, 0.2) is 41.8 Å². The van der Waals surface area contributed by atoms with E-state index in [1.54, 1.807) is 12.1 Å². The van der Waals surface area contributed by atoms with Crippen molar-refractivity contribution in [3.8, 4) is 0 Å². The van der Waals surface area contributed by atoms with Gasteiger partial charge in [0.25, 0.3) is 5.91 Å². The van der Waals surface area contributed by atoms with Gasteiger partial charge in [0.1, 0.15) is 17.2 Å². The second kappa shape index (κ2) is 9.30. The van der Waals surface area contributed by atoms with Gasteiger partial charge in [-0.1, -0.05) is 30.7 Å². The number of thiazole rings is 1. The number of hydrogen-bond acceptors (Lipinski definition) is 5. The Hall–Kier alpha value is -2.55. The molecule has 1 aliphatic heterocycles. The van der Waals surface area contributed by atoms with Gasteiger partial charge >= 0.3 is 0 Å². The van der Waals surface area contributed by atoms with Crippen LogP contribution >= 0.6 is 22.9 Å². The van der Waals surface area contributed by atoms with Crippen LogP contribution in [0.3, 0.4) is 0 Å². The molecule has 1 aromatic heterocycles. The third-order valence-electron chi connectivity index (χ3n) is 5.29. The normalized spacial score (nSPS) is 15.0. The maximum Gasteiger partial charge on any atom is 0.263 e. The number of nitrogens with zero attached hydrogens (tertiary/aromatic N) is 2. The first-order valence-electron chi connectivity index (χ1n) is 9.89. The molecule has 162 valence electrons. The number of amides is 1. The van der Waals surface area contributed by atoms with Crippen molar-refractivity contribution in [2.75, 3.05) is 36.4 Å². The molecule has 4 rings (SSSR count). The number of anilines is 2. The lowest BCUT2D eigenvalue weighted by atomic mass is 9.99. The van der Waals surface area contributed by atoms with Crippen LogP contribution < -0.4 is 15.5 Å². The van der Waals surface area contributed by atoms with E-state index in [1.165, 1.54) is 23.5 Å². The first-order chi connectivity index (χ1) is 14.9. The SMILES string of the molecule is C[C@H](c1ccc(Cl)cc1)c1csc(NC(=O)c2c(F)cc(N3CCNCC3)cc2F)n1. The van der Waals surface area contributed by atoms with E-state index in [0.717, 1.165) is 24.3 Å².